The summed E-state index contributed by atoms with van der Waals surface area (Å²) in [6.45, 7) is 3.37. The maximum Gasteiger partial charge on any atom is 0.368 e. The largest absolute Gasteiger partial charge is 0.476 e. The summed E-state index contributed by atoms with van der Waals surface area (Å²) in [7, 11) is 1.16. The third-order valence-corrected chi connectivity index (χ3v) is 6.83. The number of anilines is 1. The van der Waals surface area contributed by atoms with E-state index in [-0.39, 0.29) is 6.42 Å². The van der Waals surface area contributed by atoms with E-state index >= 15 is 0 Å². The van der Waals surface area contributed by atoms with Crippen LogP contribution in [0, 0.1) is 0 Å². The van der Waals surface area contributed by atoms with Crippen molar-refractivity contribution in [2.45, 2.75) is 31.4 Å². The van der Waals surface area contributed by atoms with Gasteiger partial charge in [0.2, 0.25) is 0 Å². The summed E-state index contributed by atoms with van der Waals surface area (Å²) in [4.78, 5) is 33.0. The summed E-state index contributed by atoms with van der Waals surface area (Å²) < 4.78 is 5.45. The van der Waals surface area contributed by atoms with Crippen LogP contribution in [0.4, 0.5) is 5.13 Å². The van der Waals surface area contributed by atoms with E-state index in [2.05, 4.69) is 51.7 Å². The van der Waals surface area contributed by atoms with E-state index in [4.69, 9.17) is 9.72 Å². The van der Waals surface area contributed by atoms with Crippen molar-refractivity contribution in [2.75, 3.05) is 12.4 Å². The standard InChI is InChI=1S/C30H29N3O5S/c1-29(2,38-27(36)25(26(34)35)33-37-3)19-24-20-39-28(31-24)32-30(21-13-7-4-8-14-21,22-15-9-5-10-16-22)23-17-11-6-12-18-23/h4-18,20H,19H2,1-3H3,(H,31,32)(H,34,35). The number of hydrogen-bond donors (Lipinski definition) is 2. The van der Waals surface area contributed by atoms with Gasteiger partial charge in [-0.1, -0.05) is 96.2 Å². The number of aliphatic carboxylic acids is 1. The monoisotopic (exact) mass is 543 g/mol. The average Bonchev–Trinajstić information content (AvgIpc) is 3.37. The van der Waals surface area contributed by atoms with Gasteiger partial charge in [-0.05, 0) is 30.5 Å². The van der Waals surface area contributed by atoms with Crippen molar-refractivity contribution in [3.8, 4) is 0 Å². The lowest BCUT2D eigenvalue weighted by Crippen LogP contribution is -2.38. The van der Waals surface area contributed by atoms with Gasteiger partial charge in [0, 0.05) is 11.8 Å². The Bertz CT molecular complexity index is 1340. The molecule has 3 aromatic carbocycles. The second-order valence-electron chi connectivity index (χ2n) is 9.37. The van der Waals surface area contributed by atoms with Gasteiger partial charge in [0.25, 0.3) is 5.71 Å². The highest BCUT2D eigenvalue weighted by Gasteiger charge is 2.37. The van der Waals surface area contributed by atoms with Gasteiger partial charge in [-0.15, -0.1) is 11.3 Å². The Hall–Kier alpha value is -4.50. The number of benzene rings is 3. The summed E-state index contributed by atoms with van der Waals surface area (Å²) in [5.74, 6) is -2.61. The normalized spacial score (nSPS) is 12.0. The number of thiazole rings is 1. The average molecular weight is 544 g/mol. The van der Waals surface area contributed by atoms with Gasteiger partial charge in [0.05, 0.1) is 5.69 Å². The van der Waals surface area contributed by atoms with Crippen molar-refractivity contribution in [1.29, 1.82) is 0 Å². The van der Waals surface area contributed by atoms with Crippen LogP contribution in [0.25, 0.3) is 0 Å². The van der Waals surface area contributed by atoms with Gasteiger partial charge in [-0.2, -0.15) is 0 Å². The van der Waals surface area contributed by atoms with E-state index in [0.29, 0.717) is 10.8 Å². The van der Waals surface area contributed by atoms with Crippen LogP contribution >= 0.6 is 11.3 Å². The molecular weight excluding hydrogens is 514 g/mol. The van der Waals surface area contributed by atoms with Crippen LogP contribution in [-0.4, -0.2) is 40.5 Å². The highest BCUT2D eigenvalue weighted by molar-refractivity contribution is 7.13. The fourth-order valence-corrected chi connectivity index (χ4v) is 5.18. The Labute approximate surface area is 230 Å². The molecule has 0 bridgehead atoms. The molecule has 0 saturated carbocycles. The number of nitrogens with zero attached hydrogens (tertiary/aromatic N) is 2. The molecule has 0 radical (unpaired) electrons. The molecule has 1 heterocycles. The van der Waals surface area contributed by atoms with E-state index in [0.717, 1.165) is 23.8 Å². The minimum atomic E-state index is -1.53. The van der Waals surface area contributed by atoms with Crippen molar-refractivity contribution in [3.05, 3.63) is 119 Å². The summed E-state index contributed by atoms with van der Waals surface area (Å²) in [6, 6.07) is 30.6. The summed E-state index contributed by atoms with van der Waals surface area (Å²) in [5.41, 5.74) is 1.22. The predicted octanol–water partition coefficient (Wildman–Crippen LogP) is 5.50. The summed E-state index contributed by atoms with van der Waals surface area (Å²) in [5, 5.41) is 18.8. The third kappa shape index (κ3) is 6.32. The van der Waals surface area contributed by atoms with E-state index in [9.17, 15) is 14.7 Å². The lowest BCUT2D eigenvalue weighted by molar-refractivity contribution is -0.149. The summed E-state index contributed by atoms with van der Waals surface area (Å²) in [6.07, 6.45) is 0.256. The van der Waals surface area contributed by atoms with Crippen LogP contribution in [-0.2, 0) is 31.1 Å². The quantitative estimate of drug-likeness (QED) is 0.0845. The van der Waals surface area contributed by atoms with E-state index < -0.39 is 28.8 Å². The Morgan fingerprint density at radius 2 is 1.38 bits per heavy atom. The molecule has 0 unspecified atom stereocenters. The van der Waals surface area contributed by atoms with Crippen LogP contribution in [0.1, 0.15) is 36.2 Å². The number of ether oxygens (including phenoxy) is 1. The molecule has 9 heteroatoms. The number of aromatic nitrogens is 1. The van der Waals surface area contributed by atoms with Gasteiger partial charge in [-0.3, -0.25) is 0 Å². The Morgan fingerprint density at radius 1 is 0.897 bits per heavy atom. The molecule has 0 atom stereocenters. The topological polar surface area (TPSA) is 110 Å². The van der Waals surface area contributed by atoms with Crippen LogP contribution < -0.4 is 5.32 Å². The Kier molecular flexibility index (Phi) is 8.41. The first kappa shape index (κ1) is 27.5. The molecule has 0 aliphatic carbocycles. The van der Waals surface area contributed by atoms with E-state index in [1.165, 1.54) is 11.3 Å². The number of esters is 1. The van der Waals surface area contributed by atoms with Crippen molar-refractivity contribution in [3.63, 3.8) is 0 Å². The molecule has 4 aromatic rings. The maximum absolute atomic E-state index is 12.4. The first-order valence-electron chi connectivity index (χ1n) is 12.2. The SMILES string of the molecule is CON=C(C(=O)O)C(=O)OC(C)(C)Cc1csc(NC(c2ccccc2)(c2ccccc2)c2ccccc2)n1. The van der Waals surface area contributed by atoms with Crippen molar-refractivity contribution < 1.29 is 24.3 Å². The molecule has 0 aliphatic heterocycles. The molecule has 0 aliphatic rings. The minimum absolute atomic E-state index is 0.256. The van der Waals surface area contributed by atoms with Crippen LogP contribution in [0.3, 0.4) is 0 Å². The molecule has 0 amide bonds. The van der Waals surface area contributed by atoms with Crippen molar-refractivity contribution in [1.82, 2.24) is 4.98 Å². The second-order valence-corrected chi connectivity index (χ2v) is 10.2. The van der Waals surface area contributed by atoms with Gasteiger partial charge < -0.3 is 20.0 Å². The number of carbonyl (C=O) groups excluding carboxylic acids is 1. The summed E-state index contributed by atoms with van der Waals surface area (Å²) >= 11 is 1.44. The number of hydrogen-bond acceptors (Lipinski definition) is 8. The van der Waals surface area contributed by atoms with Gasteiger partial charge in [0.1, 0.15) is 18.2 Å². The number of carbonyl (C=O) groups is 2. The Morgan fingerprint density at radius 3 is 1.82 bits per heavy atom. The lowest BCUT2D eigenvalue weighted by Gasteiger charge is -2.36. The first-order valence-corrected chi connectivity index (χ1v) is 13.1. The number of nitrogens with one attached hydrogen (secondary N) is 1. The highest BCUT2D eigenvalue weighted by atomic mass is 32.1. The molecule has 0 spiro atoms. The fraction of sp³-hybridized carbons (Fsp3) is 0.200. The zero-order valence-electron chi connectivity index (χ0n) is 21.8. The Balaban J connectivity index is 1.67. The molecule has 1 aromatic heterocycles. The fourth-order valence-electron chi connectivity index (χ4n) is 4.41. The highest BCUT2D eigenvalue weighted by Crippen LogP contribution is 2.40. The predicted molar refractivity (Wildman–Crippen MR) is 151 cm³/mol. The van der Waals surface area contributed by atoms with Gasteiger partial charge in [-0.25, -0.2) is 14.6 Å². The second kappa shape index (κ2) is 11.9. The zero-order chi connectivity index (χ0) is 27.9. The number of carboxylic acid groups (broad SMARTS) is 1. The maximum atomic E-state index is 12.4. The molecule has 2 N–H and O–H groups in total. The molecular formula is C30H29N3O5S. The van der Waals surface area contributed by atoms with Crippen molar-refractivity contribution >= 4 is 34.1 Å². The van der Waals surface area contributed by atoms with Crippen LogP contribution in [0.5, 0.6) is 0 Å². The van der Waals surface area contributed by atoms with Crippen molar-refractivity contribution in [2.24, 2.45) is 5.16 Å². The lowest BCUT2D eigenvalue weighted by atomic mass is 9.77. The van der Waals surface area contributed by atoms with Crippen LogP contribution in [0.15, 0.2) is 102 Å². The third-order valence-electron chi connectivity index (χ3n) is 6.02. The number of oxime groups is 1. The van der Waals surface area contributed by atoms with Gasteiger partial charge in [0.15, 0.2) is 5.13 Å². The molecule has 200 valence electrons. The zero-order valence-corrected chi connectivity index (χ0v) is 22.6. The number of rotatable bonds is 11. The molecule has 8 nitrogen and oxygen atoms in total. The van der Waals surface area contributed by atoms with Gasteiger partial charge >= 0.3 is 11.9 Å². The molecule has 0 fully saturated rings. The smallest absolute Gasteiger partial charge is 0.368 e. The number of carboxylic acids is 1. The molecule has 39 heavy (non-hydrogen) atoms. The molecule has 0 saturated heterocycles. The van der Waals surface area contributed by atoms with Crippen LogP contribution in [0.2, 0.25) is 0 Å². The molecule has 4 rings (SSSR count). The van der Waals surface area contributed by atoms with E-state index in [1.807, 2.05) is 60.0 Å². The first-order chi connectivity index (χ1) is 18.7. The van der Waals surface area contributed by atoms with E-state index in [1.54, 1.807) is 13.8 Å². The minimum Gasteiger partial charge on any atom is -0.476 e.